The predicted octanol–water partition coefficient (Wildman–Crippen LogP) is -0.0181. The molecule has 0 amide bonds. The Balaban J connectivity index is 2.97. The molecule has 0 saturated heterocycles. The van der Waals surface area contributed by atoms with Crippen LogP contribution in [0.3, 0.4) is 0 Å². The number of nitrogens with zero attached hydrogens (tertiary/aromatic N) is 2. The minimum absolute atomic E-state index is 0.179. The van der Waals surface area contributed by atoms with Crippen LogP contribution in [0, 0.1) is 6.92 Å². The molecule has 0 unspecified atom stereocenters. The van der Waals surface area contributed by atoms with Gasteiger partial charge in [0.15, 0.2) is 0 Å². The highest BCUT2D eigenvalue weighted by atomic mass is 16.3. The molecule has 1 aromatic heterocycles. The maximum absolute atomic E-state index is 9.18. The Hall–Kier alpha value is -1.40. The van der Waals surface area contributed by atoms with Crippen molar-refractivity contribution in [1.29, 1.82) is 0 Å². The lowest BCUT2D eigenvalue weighted by atomic mass is 10.1. The lowest BCUT2D eigenvalue weighted by Crippen LogP contribution is -2.43. The van der Waals surface area contributed by atoms with Crippen molar-refractivity contribution in [3.05, 3.63) is 11.9 Å². The molecule has 90 valence electrons. The first-order chi connectivity index (χ1) is 7.56. The van der Waals surface area contributed by atoms with Crippen molar-refractivity contribution in [2.45, 2.75) is 19.4 Å². The van der Waals surface area contributed by atoms with E-state index in [0.29, 0.717) is 5.82 Å². The summed E-state index contributed by atoms with van der Waals surface area (Å²) in [6.07, 6.45) is 1.43. The normalized spacial score (nSPS) is 11.3. The summed E-state index contributed by atoms with van der Waals surface area (Å²) in [4.78, 5) is 8.14. The van der Waals surface area contributed by atoms with E-state index in [1.165, 1.54) is 6.33 Å². The van der Waals surface area contributed by atoms with E-state index in [4.69, 9.17) is 0 Å². The van der Waals surface area contributed by atoms with E-state index in [-0.39, 0.29) is 13.2 Å². The Kier molecular flexibility index (Phi) is 4.03. The molecule has 0 radical (unpaired) electrons. The molecule has 0 spiro atoms. The second-order valence-corrected chi connectivity index (χ2v) is 3.95. The van der Waals surface area contributed by atoms with Gasteiger partial charge in [0, 0.05) is 12.6 Å². The number of aliphatic hydroxyl groups excluding tert-OH is 2. The molecule has 0 bridgehead atoms. The van der Waals surface area contributed by atoms with Gasteiger partial charge < -0.3 is 20.8 Å². The fourth-order valence-electron chi connectivity index (χ4n) is 1.24. The molecule has 0 atom stereocenters. The average molecular weight is 226 g/mol. The van der Waals surface area contributed by atoms with Crippen LogP contribution in [0.5, 0.6) is 0 Å². The third-order valence-electron chi connectivity index (χ3n) is 2.44. The molecular weight excluding hydrogens is 208 g/mol. The highest BCUT2D eigenvalue weighted by Gasteiger charge is 2.23. The van der Waals surface area contributed by atoms with E-state index in [2.05, 4.69) is 20.6 Å². The molecule has 0 saturated carbocycles. The van der Waals surface area contributed by atoms with Crippen molar-refractivity contribution < 1.29 is 10.2 Å². The van der Waals surface area contributed by atoms with Crippen molar-refractivity contribution in [3.63, 3.8) is 0 Å². The third-order valence-corrected chi connectivity index (χ3v) is 2.44. The number of aromatic nitrogens is 2. The van der Waals surface area contributed by atoms with Crippen LogP contribution in [-0.2, 0) is 0 Å². The van der Waals surface area contributed by atoms with E-state index in [9.17, 15) is 10.2 Å². The van der Waals surface area contributed by atoms with Gasteiger partial charge in [-0.05, 0) is 13.8 Å². The van der Waals surface area contributed by atoms with E-state index in [1.54, 1.807) is 14.0 Å². The summed E-state index contributed by atoms with van der Waals surface area (Å²) in [5, 5.41) is 24.3. The van der Waals surface area contributed by atoms with Gasteiger partial charge in [0.2, 0.25) is 0 Å². The van der Waals surface area contributed by atoms with Crippen molar-refractivity contribution in [2.24, 2.45) is 0 Å². The van der Waals surface area contributed by atoms with Gasteiger partial charge in [0.05, 0.1) is 18.8 Å². The summed E-state index contributed by atoms with van der Waals surface area (Å²) in [6, 6.07) is 0. The topological polar surface area (TPSA) is 90.3 Å². The first kappa shape index (κ1) is 12.7. The number of rotatable bonds is 5. The zero-order valence-electron chi connectivity index (χ0n) is 9.78. The smallest absolute Gasteiger partial charge is 0.135 e. The maximum atomic E-state index is 9.18. The first-order valence-corrected chi connectivity index (χ1v) is 5.05. The minimum atomic E-state index is -0.788. The minimum Gasteiger partial charge on any atom is -0.394 e. The van der Waals surface area contributed by atoms with Crippen molar-refractivity contribution in [2.75, 3.05) is 30.9 Å². The number of aliphatic hydroxyl groups is 2. The predicted molar refractivity (Wildman–Crippen MR) is 62.5 cm³/mol. The summed E-state index contributed by atoms with van der Waals surface area (Å²) >= 11 is 0. The molecule has 6 nitrogen and oxygen atoms in total. The summed E-state index contributed by atoms with van der Waals surface area (Å²) < 4.78 is 0. The molecular formula is C10H18N4O2. The maximum Gasteiger partial charge on any atom is 0.135 e. The van der Waals surface area contributed by atoms with Crippen LogP contribution >= 0.6 is 0 Å². The molecule has 0 aromatic carbocycles. The van der Waals surface area contributed by atoms with Crippen molar-refractivity contribution in [1.82, 2.24) is 9.97 Å². The lowest BCUT2D eigenvalue weighted by Gasteiger charge is -2.27. The van der Waals surface area contributed by atoms with E-state index >= 15 is 0 Å². The first-order valence-electron chi connectivity index (χ1n) is 5.05. The number of anilines is 2. The van der Waals surface area contributed by atoms with Gasteiger partial charge in [-0.15, -0.1) is 0 Å². The molecule has 0 aliphatic heterocycles. The Morgan fingerprint density at radius 1 is 1.25 bits per heavy atom. The van der Waals surface area contributed by atoms with E-state index in [1.807, 2.05) is 6.92 Å². The van der Waals surface area contributed by atoms with Crippen LogP contribution in [0.15, 0.2) is 6.33 Å². The van der Waals surface area contributed by atoms with Crippen LogP contribution in [0.2, 0.25) is 0 Å². The van der Waals surface area contributed by atoms with Crippen LogP contribution in [0.25, 0.3) is 0 Å². The van der Waals surface area contributed by atoms with Gasteiger partial charge >= 0.3 is 0 Å². The Bertz CT molecular complexity index is 353. The fraction of sp³-hybridized carbons (Fsp3) is 0.600. The van der Waals surface area contributed by atoms with Gasteiger partial charge in [-0.1, -0.05) is 0 Å². The van der Waals surface area contributed by atoms with E-state index in [0.717, 1.165) is 11.4 Å². The molecule has 0 aliphatic carbocycles. The molecule has 16 heavy (non-hydrogen) atoms. The molecule has 0 fully saturated rings. The molecule has 1 rings (SSSR count). The largest absolute Gasteiger partial charge is 0.394 e. The zero-order chi connectivity index (χ0) is 12.2. The quantitative estimate of drug-likeness (QED) is 0.564. The van der Waals surface area contributed by atoms with Gasteiger partial charge in [-0.3, -0.25) is 0 Å². The Labute approximate surface area is 94.7 Å². The molecule has 1 aromatic rings. The molecule has 0 aliphatic rings. The Morgan fingerprint density at radius 3 is 2.31 bits per heavy atom. The molecule has 4 N–H and O–H groups in total. The highest BCUT2D eigenvalue weighted by Crippen LogP contribution is 2.20. The van der Waals surface area contributed by atoms with Crippen LogP contribution in [-0.4, -0.2) is 46.0 Å². The lowest BCUT2D eigenvalue weighted by molar-refractivity contribution is 0.147. The van der Waals surface area contributed by atoms with E-state index < -0.39 is 5.54 Å². The summed E-state index contributed by atoms with van der Waals surface area (Å²) in [5.41, 5.74) is 0.0579. The van der Waals surface area contributed by atoms with Gasteiger partial charge in [-0.2, -0.15) is 0 Å². The summed E-state index contributed by atoms with van der Waals surface area (Å²) in [5.74, 6) is 1.32. The molecule has 6 heteroatoms. The SMILES string of the molecule is CNc1ncnc(NC(C)(CO)CO)c1C. The summed E-state index contributed by atoms with van der Waals surface area (Å²) in [6.45, 7) is 3.22. The third kappa shape index (κ3) is 2.59. The number of hydrogen-bond acceptors (Lipinski definition) is 6. The number of nitrogens with one attached hydrogen (secondary N) is 2. The highest BCUT2D eigenvalue weighted by molar-refractivity contribution is 5.57. The average Bonchev–Trinajstić information content (AvgIpc) is 2.32. The Morgan fingerprint density at radius 2 is 1.81 bits per heavy atom. The second-order valence-electron chi connectivity index (χ2n) is 3.95. The van der Waals surface area contributed by atoms with Gasteiger partial charge in [0.25, 0.3) is 0 Å². The van der Waals surface area contributed by atoms with Crippen molar-refractivity contribution >= 4 is 11.6 Å². The second kappa shape index (κ2) is 5.09. The van der Waals surface area contributed by atoms with Crippen LogP contribution < -0.4 is 10.6 Å². The van der Waals surface area contributed by atoms with Gasteiger partial charge in [-0.25, -0.2) is 9.97 Å². The zero-order valence-corrected chi connectivity index (χ0v) is 9.78. The number of hydrogen-bond donors (Lipinski definition) is 4. The monoisotopic (exact) mass is 226 g/mol. The fourth-order valence-corrected chi connectivity index (χ4v) is 1.24. The summed E-state index contributed by atoms with van der Waals surface area (Å²) in [7, 11) is 1.77. The van der Waals surface area contributed by atoms with Gasteiger partial charge in [0.1, 0.15) is 18.0 Å². The molecule has 1 heterocycles. The van der Waals surface area contributed by atoms with Crippen LogP contribution in [0.4, 0.5) is 11.6 Å². The van der Waals surface area contributed by atoms with Crippen molar-refractivity contribution in [3.8, 4) is 0 Å². The standard InChI is InChI=1S/C10H18N4O2/c1-7-8(11-3)12-6-13-9(7)14-10(2,4-15)5-16/h6,15-16H,4-5H2,1-3H3,(H2,11,12,13,14). The van der Waals surface area contributed by atoms with Crippen LogP contribution in [0.1, 0.15) is 12.5 Å².